The molecule has 1 aromatic heterocycles. The van der Waals surface area contributed by atoms with E-state index in [9.17, 15) is 4.39 Å². The third kappa shape index (κ3) is 2.14. The molecule has 4 rings (SSSR count). The Morgan fingerprint density at radius 2 is 2.33 bits per heavy atom. The number of H-pyrrole nitrogens is 1. The molecule has 1 aliphatic carbocycles. The van der Waals surface area contributed by atoms with Crippen LogP contribution < -0.4 is 0 Å². The fourth-order valence-electron chi connectivity index (χ4n) is 3.65. The Morgan fingerprint density at radius 3 is 3.05 bits per heavy atom. The fraction of sp³-hybridized carbons (Fsp3) is 0.400. The number of nitrogens with zero attached hydrogens (tertiary/aromatic N) is 1. The molecule has 1 saturated carbocycles. The van der Waals surface area contributed by atoms with Gasteiger partial charge in [-0.1, -0.05) is 11.9 Å². The van der Waals surface area contributed by atoms with E-state index in [0.29, 0.717) is 16.5 Å². The van der Waals surface area contributed by atoms with Crippen molar-refractivity contribution in [1.82, 2.24) is 9.55 Å². The third-order valence-electron chi connectivity index (χ3n) is 4.66. The van der Waals surface area contributed by atoms with Gasteiger partial charge in [-0.15, -0.1) is 29.3 Å². The number of imidazole rings is 1. The van der Waals surface area contributed by atoms with Crippen LogP contribution in [0.2, 0.25) is 5.02 Å². The number of hydrogen-bond acceptors (Lipinski definition) is 1. The first kappa shape index (κ1) is 15.9. The molecule has 1 aromatic carbocycles. The van der Waals surface area contributed by atoms with Gasteiger partial charge in [-0.2, -0.15) is 6.07 Å². The topological polar surface area (TPSA) is 20.7 Å². The Bertz CT molecular complexity index is 784. The van der Waals surface area contributed by atoms with Gasteiger partial charge in [0, 0.05) is 67.8 Å². The summed E-state index contributed by atoms with van der Waals surface area (Å²) >= 11 is 11.4. The molecule has 2 aliphatic rings. The zero-order chi connectivity index (χ0) is 14.1. The Labute approximate surface area is 158 Å². The second kappa shape index (κ2) is 5.26. The van der Waals surface area contributed by atoms with E-state index in [1.54, 1.807) is 6.07 Å². The largest absolute Gasteiger partial charge is 0.334 e. The summed E-state index contributed by atoms with van der Waals surface area (Å²) in [7, 11) is 0. The van der Waals surface area contributed by atoms with Crippen molar-refractivity contribution in [1.29, 1.82) is 0 Å². The number of fused-ring (bicyclic) bond motifs is 3. The number of rotatable bonds is 2. The molecular weight excluding hydrogens is 384 g/mol. The summed E-state index contributed by atoms with van der Waals surface area (Å²) in [5, 5.41) is 0.471. The van der Waals surface area contributed by atoms with Crippen LogP contribution >= 0.6 is 23.8 Å². The first-order chi connectivity index (χ1) is 9.56. The van der Waals surface area contributed by atoms with Gasteiger partial charge in [0.15, 0.2) is 4.77 Å². The number of halogens is 2. The fourth-order valence-corrected chi connectivity index (χ4v) is 4.09. The van der Waals surface area contributed by atoms with Gasteiger partial charge in [-0.25, -0.2) is 0 Å². The van der Waals surface area contributed by atoms with Crippen molar-refractivity contribution < 1.29 is 37.1 Å². The molecule has 0 unspecified atom stereocenters. The first-order valence-corrected chi connectivity index (χ1v) is 7.55. The summed E-state index contributed by atoms with van der Waals surface area (Å²) in [4.78, 5) is 3.26. The zero-order valence-corrected chi connectivity index (χ0v) is 16.0. The summed E-state index contributed by atoms with van der Waals surface area (Å²) in [5.41, 5.74) is 2.87. The van der Waals surface area contributed by atoms with Gasteiger partial charge in [0.1, 0.15) is 0 Å². The van der Waals surface area contributed by atoms with Crippen molar-refractivity contribution in [2.24, 2.45) is 0 Å². The molecule has 1 radical (unpaired) electrons. The second-order valence-corrected chi connectivity index (χ2v) is 6.47. The zero-order valence-electron chi connectivity index (χ0n) is 11.5. The summed E-state index contributed by atoms with van der Waals surface area (Å²) in [6, 6.07) is 6.00. The van der Waals surface area contributed by atoms with E-state index in [2.05, 4.69) is 22.5 Å². The van der Waals surface area contributed by atoms with Gasteiger partial charge in [0.25, 0.3) is 0 Å². The van der Waals surface area contributed by atoms with E-state index in [0.717, 1.165) is 24.2 Å². The molecule has 0 saturated heterocycles. The van der Waals surface area contributed by atoms with E-state index in [-0.39, 0.29) is 43.9 Å². The van der Waals surface area contributed by atoms with E-state index in [1.807, 2.05) is 0 Å². The van der Waals surface area contributed by atoms with Gasteiger partial charge in [0.05, 0.1) is 0 Å². The van der Waals surface area contributed by atoms with E-state index in [4.69, 9.17) is 23.8 Å². The molecule has 21 heavy (non-hydrogen) atoms. The summed E-state index contributed by atoms with van der Waals surface area (Å²) < 4.78 is 17.0. The molecule has 1 aliphatic heterocycles. The van der Waals surface area contributed by atoms with Gasteiger partial charge in [0.2, 0.25) is 0 Å². The second-order valence-electron chi connectivity index (χ2n) is 5.68. The average Bonchev–Trinajstić information content (AvgIpc) is 2.92. The summed E-state index contributed by atoms with van der Waals surface area (Å²) in [6.07, 6.45) is 1.88. The van der Waals surface area contributed by atoms with Crippen LogP contribution in [0, 0.1) is 16.7 Å². The molecule has 0 amide bonds. The molecule has 2 atom stereocenters. The van der Waals surface area contributed by atoms with Crippen molar-refractivity contribution in [3.8, 4) is 0 Å². The smallest absolute Gasteiger partial charge is 0.177 e. The van der Waals surface area contributed by atoms with Crippen LogP contribution in [0.4, 0.5) is 4.39 Å². The minimum atomic E-state index is -0.212. The van der Waals surface area contributed by atoms with Crippen molar-refractivity contribution >= 4 is 23.8 Å². The van der Waals surface area contributed by atoms with Crippen molar-refractivity contribution in [3.05, 3.63) is 50.8 Å². The maximum Gasteiger partial charge on any atom is 0.177 e. The van der Waals surface area contributed by atoms with Gasteiger partial charge < -0.3 is 9.55 Å². The number of aromatic nitrogens is 2. The van der Waals surface area contributed by atoms with Gasteiger partial charge in [-0.05, 0) is 25.1 Å². The monoisotopic (exact) mass is 396 g/mol. The number of nitrogens with one attached hydrogen (secondary N) is 1. The molecule has 2 heterocycles. The van der Waals surface area contributed by atoms with Crippen LogP contribution in [-0.2, 0) is 51.1 Å². The van der Waals surface area contributed by atoms with Gasteiger partial charge in [-0.3, -0.25) is 4.39 Å². The van der Waals surface area contributed by atoms with Crippen LogP contribution in [0.25, 0.3) is 0 Å². The minimum absolute atomic E-state index is 0. The molecule has 2 nitrogen and oxygen atoms in total. The summed E-state index contributed by atoms with van der Waals surface area (Å²) in [6.45, 7) is 2.84. The Hall–Kier alpha value is -0.0261. The molecule has 1 fully saturated rings. The van der Waals surface area contributed by atoms with Crippen LogP contribution in [0.1, 0.15) is 36.2 Å². The molecule has 2 aromatic rings. The van der Waals surface area contributed by atoms with Crippen LogP contribution in [0.15, 0.2) is 12.1 Å². The van der Waals surface area contributed by atoms with E-state index >= 15 is 0 Å². The predicted octanol–water partition coefficient (Wildman–Crippen LogP) is 4.14. The number of benzene rings is 1. The quantitative estimate of drug-likeness (QED) is 0.598. The summed E-state index contributed by atoms with van der Waals surface area (Å²) in [5.74, 6) is 0.130. The van der Waals surface area contributed by atoms with Crippen LogP contribution in [0.3, 0.4) is 0 Å². The molecule has 107 valence electrons. The van der Waals surface area contributed by atoms with Crippen molar-refractivity contribution in [2.45, 2.75) is 37.6 Å². The van der Waals surface area contributed by atoms with Crippen molar-refractivity contribution in [3.63, 3.8) is 0 Å². The SMILES string of the molecule is CCc1[nH]c(=S)n2c1[C@@H]1C[C@]1(c1[c-]c(Cl)ccc1F)C2.[Y]. The average molecular weight is 397 g/mol. The maximum atomic E-state index is 14.2. The standard InChI is InChI=1S/C15H13ClFN2S.Y/c1-2-12-13-10-6-15(10,7-19(13)14(20)18-12)9-5-8(16)3-4-11(9)17;/h3-4,10H,2,6-7H2,1H3,(H,18,20);/q-1;/t10-,15+;/m0./s1. The molecule has 0 spiro atoms. The molecule has 6 heteroatoms. The first-order valence-electron chi connectivity index (χ1n) is 6.76. The third-order valence-corrected chi connectivity index (χ3v) is 5.20. The number of hydrogen-bond donors (Lipinski definition) is 1. The van der Waals surface area contributed by atoms with E-state index in [1.165, 1.54) is 17.5 Å². The Kier molecular flexibility index (Phi) is 3.97. The van der Waals surface area contributed by atoms with Gasteiger partial charge >= 0.3 is 0 Å². The van der Waals surface area contributed by atoms with E-state index < -0.39 is 0 Å². The molecule has 1 N–H and O–H groups in total. The minimum Gasteiger partial charge on any atom is -0.334 e. The molecular formula is C15H13ClFN2SY-. The van der Waals surface area contributed by atoms with Crippen molar-refractivity contribution in [2.75, 3.05) is 0 Å². The van der Waals surface area contributed by atoms with Crippen LogP contribution in [-0.4, -0.2) is 9.55 Å². The number of aromatic amines is 1. The predicted molar refractivity (Wildman–Crippen MR) is 78.3 cm³/mol. The maximum absolute atomic E-state index is 14.2. The Balaban J connectivity index is 0.00000132. The normalized spacial score (nSPS) is 25.2. The Morgan fingerprint density at radius 1 is 1.57 bits per heavy atom. The number of aryl methyl sites for hydroxylation is 1. The van der Waals surface area contributed by atoms with Crippen LogP contribution in [0.5, 0.6) is 0 Å². The molecule has 0 bridgehead atoms.